The van der Waals surface area contributed by atoms with E-state index >= 15 is 0 Å². The molecule has 0 unspecified atom stereocenters. The molecule has 0 saturated carbocycles. The number of carbonyl (C=O) groups excluding carboxylic acids is 1. The maximum atomic E-state index is 12.2. The summed E-state index contributed by atoms with van der Waals surface area (Å²) >= 11 is 0. The van der Waals surface area contributed by atoms with Gasteiger partial charge in [-0.15, -0.1) is 0 Å². The number of esters is 1. The van der Waals surface area contributed by atoms with Crippen LogP contribution in [0.4, 0.5) is 0 Å². The van der Waals surface area contributed by atoms with Crippen LogP contribution in [0.2, 0.25) is 0 Å². The van der Waals surface area contributed by atoms with Gasteiger partial charge in [0.25, 0.3) is 5.56 Å². The number of fused-ring (bicyclic) bond motifs is 1. The van der Waals surface area contributed by atoms with Crippen molar-refractivity contribution in [1.29, 1.82) is 0 Å². The molecule has 0 bridgehead atoms. The molecular weight excluding hydrogens is 360 g/mol. The van der Waals surface area contributed by atoms with Crippen LogP contribution < -0.4 is 15.0 Å². The number of nitrogens with one attached hydrogen (secondary N) is 1. The van der Waals surface area contributed by atoms with Crippen LogP contribution in [0.3, 0.4) is 0 Å². The highest BCUT2D eigenvalue weighted by Crippen LogP contribution is 2.23. The van der Waals surface area contributed by atoms with Crippen molar-refractivity contribution in [1.82, 2.24) is 9.97 Å². The molecule has 1 aromatic heterocycles. The topological polar surface area (TPSA) is 90.5 Å². The van der Waals surface area contributed by atoms with E-state index in [0.29, 0.717) is 34.6 Å². The van der Waals surface area contributed by atoms with E-state index in [2.05, 4.69) is 9.97 Å². The number of aromatic amines is 1. The van der Waals surface area contributed by atoms with E-state index in [0.717, 1.165) is 11.1 Å². The quantitative estimate of drug-likeness (QED) is 0.632. The maximum absolute atomic E-state index is 12.2. The minimum Gasteiger partial charge on any atom is -0.497 e. The summed E-state index contributed by atoms with van der Waals surface area (Å²) in [6.07, 6.45) is 0.667. The summed E-state index contributed by atoms with van der Waals surface area (Å²) in [5.74, 6) is 1.27. The highest BCUT2D eigenvalue weighted by Gasteiger charge is 2.10. The number of aryl methyl sites for hydroxylation is 2. The van der Waals surface area contributed by atoms with Crippen LogP contribution in [0, 0.1) is 6.92 Å². The molecule has 0 aliphatic heterocycles. The van der Waals surface area contributed by atoms with Crippen molar-refractivity contribution >= 4 is 16.9 Å². The number of para-hydroxylation sites is 1. The van der Waals surface area contributed by atoms with Crippen LogP contribution in [0.25, 0.3) is 10.9 Å². The molecule has 0 atom stereocenters. The number of aromatic nitrogens is 2. The molecule has 0 amide bonds. The van der Waals surface area contributed by atoms with E-state index in [1.54, 1.807) is 26.4 Å². The largest absolute Gasteiger partial charge is 0.497 e. The number of hydrogen-bond acceptors (Lipinski definition) is 6. The number of carbonyl (C=O) groups is 1. The monoisotopic (exact) mass is 382 g/mol. The number of rotatable bonds is 7. The maximum Gasteiger partial charge on any atom is 0.306 e. The fraction of sp³-hybridized carbons (Fsp3) is 0.286. The van der Waals surface area contributed by atoms with Crippen LogP contribution in [-0.2, 0) is 22.6 Å². The van der Waals surface area contributed by atoms with Crippen molar-refractivity contribution in [3.8, 4) is 11.5 Å². The number of benzene rings is 2. The van der Waals surface area contributed by atoms with Crippen molar-refractivity contribution in [3.05, 3.63) is 63.7 Å². The molecule has 0 aliphatic rings. The summed E-state index contributed by atoms with van der Waals surface area (Å²) < 4.78 is 15.7. The molecule has 0 saturated heterocycles. The van der Waals surface area contributed by atoms with Gasteiger partial charge in [-0.3, -0.25) is 9.59 Å². The van der Waals surface area contributed by atoms with E-state index in [4.69, 9.17) is 14.2 Å². The lowest BCUT2D eigenvalue weighted by atomic mass is 10.1. The molecule has 7 heteroatoms. The minimum atomic E-state index is -0.380. The van der Waals surface area contributed by atoms with Crippen molar-refractivity contribution in [2.45, 2.75) is 26.4 Å². The Morgan fingerprint density at radius 3 is 2.50 bits per heavy atom. The van der Waals surface area contributed by atoms with Crippen LogP contribution in [-0.4, -0.2) is 30.2 Å². The fourth-order valence-corrected chi connectivity index (χ4v) is 2.90. The molecule has 28 heavy (non-hydrogen) atoms. The lowest BCUT2D eigenvalue weighted by molar-refractivity contribution is -0.145. The first-order valence-electron chi connectivity index (χ1n) is 8.86. The average Bonchev–Trinajstić information content (AvgIpc) is 2.71. The van der Waals surface area contributed by atoms with Gasteiger partial charge in [0.05, 0.1) is 25.1 Å². The van der Waals surface area contributed by atoms with E-state index < -0.39 is 0 Å². The van der Waals surface area contributed by atoms with E-state index in [1.807, 2.05) is 31.2 Å². The highest BCUT2D eigenvalue weighted by molar-refractivity contribution is 5.80. The van der Waals surface area contributed by atoms with Gasteiger partial charge in [-0.05, 0) is 42.7 Å². The SMILES string of the molecule is COc1cc(CCC(=O)OCc2nc3c(C)cccc3c(=O)[nH]2)cc(OC)c1. The molecule has 1 N–H and O–H groups in total. The first kappa shape index (κ1) is 19.4. The Morgan fingerprint density at radius 2 is 1.82 bits per heavy atom. The van der Waals surface area contributed by atoms with Gasteiger partial charge in [-0.25, -0.2) is 4.98 Å². The Bertz CT molecular complexity index is 1040. The van der Waals surface area contributed by atoms with Gasteiger partial charge >= 0.3 is 5.97 Å². The number of ether oxygens (including phenoxy) is 3. The Kier molecular flexibility index (Phi) is 5.93. The van der Waals surface area contributed by atoms with Gasteiger partial charge in [0.2, 0.25) is 0 Å². The summed E-state index contributed by atoms with van der Waals surface area (Å²) in [6.45, 7) is 1.80. The minimum absolute atomic E-state index is 0.0836. The van der Waals surface area contributed by atoms with Gasteiger partial charge in [-0.1, -0.05) is 12.1 Å². The molecule has 7 nitrogen and oxygen atoms in total. The third-order valence-corrected chi connectivity index (χ3v) is 4.39. The van der Waals surface area contributed by atoms with Crippen molar-refractivity contribution in [2.24, 2.45) is 0 Å². The molecule has 3 rings (SSSR count). The molecule has 0 fully saturated rings. The summed E-state index contributed by atoms with van der Waals surface area (Å²) in [7, 11) is 3.15. The normalized spacial score (nSPS) is 10.7. The third kappa shape index (κ3) is 4.49. The second-order valence-electron chi connectivity index (χ2n) is 6.37. The third-order valence-electron chi connectivity index (χ3n) is 4.39. The summed E-state index contributed by atoms with van der Waals surface area (Å²) in [4.78, 5) is 31.3. The molecular formula is C21H22N2O5. The molecule has 2 aromatic carbocycles. The zero-order valence-electron chi connectivity index (χ0n) is 16.1. The Hall–Kier alpha value is -3.35. The fourth-order valence-electron chi connectivity index (χ4n) is 2.90. The standard InChI is InChI=1S/C21H22N2O5/c1-13-5-4-6-17-20(13)22-18(23-21(17)25)12-28-19(24)8-7-14-9-15(26-2)11-16(10-14)27-3/h4-6,9-11H,7-8,12H2,1-3H3,(H,22,23,25). The Balaban J connectivity index is 1.63. The molecule has 146 valence electrons. The number of nitrogens with zero attached hydrogens (tertiary/aromatic N) is 1. The number of H-pyrrole nitrogens is 1. The van der Waals surface area contributed by atoms with Gasteiger partial charge in [0, 0.05) is 12.5 Å². The molecule has 0 spiro atoms. The molecule has 0 radical (unpaired) electrons. The van der Waals surface area contributed by atoms with Crippen molar-refractivity contribution in [2.75, 3.05) is 14.2 Å². The van der Waals surface area contributed by atoms with Crippen molar-refractivity contribution in [3.63, 3.8) is 0 Å². The van der Waals surface area contributed by atoms with Gasteiger partial charge in [-0.2, -0.15) is 0 Å². The first-order valence-corrected chi connectivity index (χ1v) is 8.86. The second kappa shape index (κ2) is 8.56. The van der Waals surface area contributed by atoms with Crippen LogP contribution in [0.15, 0.2) is 41.2 Å². The number of hydrogen-bond donors (Lipinski definition) is 1. The van der Waals surface area contributed by atoms with Crippen LogP contribution in [0.1, 0.15) is 23.4 Å². The summed E-state index contributed by atoms with van der Waals surface area (Å²) in [5, 5.41) is 0.516. The predicted octanol–water partition coefficient (Wildman–Crippen LogP) is 2.92. The Morgan fingerprint density at radius 1 is 1.11 bits per heavy atom. The summed E-state index contributed by atoms with van der Waals surface area (Å²) in [5.41, 5.74) is 2.16. The smallest absolute Gasteiger partial charge is 0.306 e. The van der Waals surface area contributed by atoms with E-state index in [1.165, 1.54) is 0 Å². The lowest BCUT2D eigenvalue weighted by Gasteiger charge is -2.09. The number of methoxy groups -OCH3 is 2. The van der Waals surface area contributed by atoms with Crippen molar-refractivity contribution < 1.29 is 19.0 Å². The summed E-state index contributed by atoms with van der Waals surface area (Å²) in [6, 6.07) is 10.9. The molecule has 1 heterocycles. The zero-order chi connectivity index (χ0) is 20.1. The van der Waals surface area contributed by atoms with E-state index in [-0.39, 0.29) is 24.6 Å². The predicted molar refractivity (Wildman–Crippen MR) is 105 cm³/mol. The first-order chi connectivity index (χ1) is 13.5. The van der Waals surface area contributed by atoms with Gasteiger partial charge in [0.15, 0.2) is 0 Å². The highest BCUT2D eigenvalue weighted by atomic mass is 16.5. The zero-order valence-corrected chi connectivity index (χ0v) is 16.1. The van der Waals surface area contributed by atoms with Gasteiger partial charge < -0.3 is 19.2 Å². The van der Waals surface area contributed by atoms with Crippen LogP contribution in [0.5, 0.6) is 11.5 Å². The van der Waals surface area contributed by atoms with Gasteiger partial charge in [0.1, 0.15) is 23.9 Å². The lowest BCUT2D eigenvalue weighted by Crippen LogP contribution is -2.15. The average molecular weight is 382 g/mol. The molecule has 3 aromatic rings. The second-order valence-corrected chi connectivity index (χ2v) is 6.37. The van der Waals surface area contributed by atoms with Crippen LogP contribution >= 0.6 is 0 Å². The molecule has 0 aliphatic carbocycles. The Labute approximate surface area is 162 Å². The van der Waals surface area contributed by atoms with E-state index in [9.17, 15) is 9.59 Å².